The molecule has 2 rings (SSSR count). The van der Waals surface area contributed by atoms with Crippen LogP contribution in [0.4, 0.5) is 0 Å². The number of carbonyl (C=O) groups is 1. The van der Waals surface area contributed by atoms with Gasteiger partial charge in [0.15, 0.2) is 0 Å². The number of amides is 1. The van der Waals surface area contributed by atoms with Gasteiger partial charge in [-0.2, -0.15) is 0 Å². The molecule has 1 aliphatic heterocycles. The number of piperidine rings is 1. The second-order valence-electron chi connectivity index (χ2n) is 4.95. The average molecular weight is 247 g/mol. The summed E-state index contributed by atoms with van der Waals surface area (Å²) in [7, 11) is 0. The van der Waals surface area contributed by atoms with Crippen LogP contribution in [-0.4, -0.2) is 35.1 Å². The van der Waals surface area contributed by atoms with Crippen LogP contribution in [0.5, 0.6) is 0 Å². The topological polar surface area (TPSA) is 40.5 Å². The van der Waals surface area contributed by atoms with Crippen molar-refractivity contribution in [2.24, 2.45) is 0 Å². The van der Waals surface area contributed by atoms with Gasteiger partial charge >= 0.3 is 0 Å². The van der Waals surface area contributed by atoms with E-state index < -0.39 is 0 Å². The number of carbonyl (C=O) groups excluding carboxylic acids is 1. The lowest BCUT2D eigenvalue weighted by Gasteiger charge is -2.32. The van der Waals surface area contributed by atoms with Gasteiger partial charge < -0.3 is 10.0 Å². The van der Waals surface area contributed by atoms with Crippen LogP contribution in [0.25, 0.3) is 0 Å². The van der Waals surface area contributed by atoms with Crippen molar-refractivity contribution in [2.75, 3.05) is 13.1 Å². The third kappa shape index (κ3) is 2.91. The zero-order valence-corrected chi connectivity index (χ0v) is 10.9. The summed E-state index contributed by atoms with van der Waals surface area (Å²) in [5, 5.41) is 9.66. The lowest BCUT2D eigenvalue weighted by molar-refractivity contribution is -0.136. The van der Waals surface area contributed by atoms with Crippen LogP contribution >= 0.6 is 0 Å². The fourth-order valence-corrected chi connectivity index (χ4v) is 2.61. The molecule has 98 valence electrons. The molecule has 1 aliphatic rings. The van der Waals surface area contributed by atoms with E-state index in [0.717, 1.165) is 31.4 Å². The van der Waals surface area contributed by atoms with Crippen LogP contribution in [0.1, 0.15) is 37.7 Å². The Kier molecular flexibility index (Phi) is 4.37. The Morgan fingerprint density at radius 2 is 2.17 bits per heavy atom. The lowest BCUT2D eigenvalue weighted by atomic mass is 9.94. The zero-order chi connectivity index (χ0) is 13.0. The summed E-state index contributed by atoms with van der Waals surface area (Å²) in [4.78, 5) is 14.3. The Morgan fingerprint density at radius 3 is 2.78 bits per heavy atom. The molecule has 0 aliphatic carbocycles. The molecule has 0 radical (unpaired) electrons. The standard InChI is InChI=1S/C15H21NO2/c1-2-14(12-7-4-3-5-8-12)15(18)16-10-6-9-13(17)11-16/h3-5,7-8,13-14,17H,2,6,9-11H2,1H3/t13-,14?/m0/s1. The number of likely N-dealkylation sites (tertiary alicyclic amines) is 1. The Hall–Kier alpha value is -1.35. The van der Waals surface area contributed by atoms with Crippen molar-refractivity contribution in [1.82, 2.24) is 4.90 Å². The van der Waals surface area contributed by atoms with Gasteiger partial charge in [0, 0.05) is 13.1 Å². The van der Waals surface area contributed by atoms with E-state index in [1.54, 1.807) is 0 Å². The fourth-order valence-electron chi connectivity index (χ4n) is 2.61. The normalized spacial score (nSPS) is 21.7. The maximum Gasteiger partial charge on any atom is 0.230 e. The van der Waals surface area contributed by atoms with Gasteiger partial charge in [-0.3, -0.25) is 4.79 Å². The van der Waals surface area contributed by atoms with E-state index in [4.69, 9.17) is 0 Å². The number of aliphatic hydroxyl groups is 1. The molecule has 0 aromatic heterocycles. The third-order valence-corrected chi connectivity index (χ3v) is 3.62. The van der Waals surface area contributed by atoms with Gasteiger partial charge in [0.05, 0.1) is 12.0 Å². The van der Waals surface area contributed by atoms with E-state index in [-0.39, 0.29) is 17.9 Å². The smallest absolute Gasteiger partial charge is 0.230 e. The van der Waals surface area contributed by atoms with Crippen molar-refractivity contribution in [3.8, 4) is 0 Å². The first-order chi connectivity index (χ1) is 8.72. The maximum absolute atomic E-state index is 12.5. The molecule has 1 saturated heterocycles. The molecule has 1 heterocycles. The molecular formula is C15H21NO2. The molecule has 0 spiro atoms. The summed E-state index contributed by atoms with van der Waals surface area (Å²) in [6, 6.07) is 9.91. The lowest BCUT2D eigenvalue weighted by Crippen LogP contribution is -2.44. The highest BCUT2D eigenvalue weighted by Crippen LogP contribution is 2.23. The van der Waals surface area contributed by atoms with Crippen molar-refractivity contribution in [3.63, 3.8) is 0 Å². The van der Waals surface area contributed by atoms with E-state index in [9.17, 15) is 9.90 Å². The van der Waals surface area contributed by atoms with E-state index in [1.165, 1.54) is 0 Å². The van der Waals surface area contributed by atoms with Crippen LogP contribution in [0.2, 0.25) is 0 Å². The van der Waals surface area contributed by atoms with Gasteiger partial charge in [-0.1, -0.05) is 37.3 Å². The summed E-state index contributed by atoms with van der Waals surface area (Å²) < 4.78 is 0. The van der Waals surface area contributed by atoms with Gasteiger partial charge in [-0.05, 0) is 24.8 Å². The number of hydrogen-bond acceptors (Lipinski definition) is 2. The highest BCUT2D eigenvalue weighted by Gasteiger charge is 2.27. The van der Waals surface area contributed by atoms with Crippen LogP contribution in [0.15, 0.2) is 30.3 Å². The minimum Gasteiger partial charge on any atom is -0.391 e. The monoisotopic (exact) mass is 247 g/mol. The minimum atomic E-state index is -0.351. The van der Waals surface area contributed by atoms with Crippen molar-refractivity contribution in [3.05, 3.63) is 35.9 Å². The predicted molar refractivity (Wildman–Crippen MR) is 71.3 cm³/mol. The molecule has 1 fully saturated rings. The summed E-state index contributed by atoms with van der Waals surface area (Å²) in [5.41, 5.74) is 1.07. The molecule has 2 atom stereocenters. The van der Waals surface area contributed by atoms with Crippen molar-refractivity contribution >= 4 is 5.91 Å². The SMILES string of the molecule is CCC(C(=O)N1CCC[C@H](O)C1)c1ccccc1. The fraction of sp³-hybridized carbons (Fsp3) is 0.533. The molecule has 1 unspecified atom stereocenters. The number of rotatable bonds is 3. The molecule has 1 aromatic rings. The van der Waals surface area contributed by atoms with E-state index in [0.29, 0.717) is 6.54 Å². The van der Waals surface area contributed by atoms with Gasteiger partial charge in [0.2, 0.25) is 5.91 Å². The molecule has 0 saturated carbocycles. The highest BCUT2D eigenvalue weighted by molar-refractivity contribution is 5.83. The first-order valence-electron chi connectivity index (χ1n) is 6.74. The van der Waals surface area contributed by atoms with Gasteiger partial charge in [-0.15, -0.1) is 0 Å². The summed E-state index contributed by atoms with van der Waals surface area (Å²) >= 11 is 0. The molecule has 18 heavy (non-hydrogen) atoms. The average Bonchev–Trinajstić information content (AvgIpc) is 2.41. The number of benzene rings is 1. The van der Waals surface area contributed by atoms with Crippen molar-refractivity contribution < 1.29 is 9.90 Å². The second kappa shape index (κ2) is 6.01. The molecule has 1 N–H and O–H groups in total. The largest absolute Gasteiger partial charge is 0.391 e. The Labute approximate surface area is 108 Å². The van der Waals surface area contributed by atoms with Crippen molar-refractivity contribution in [1.29, 1.82) is 0 Å². The second-order valence-corrected chi connectivity index (χ2v) is 4.95. The van der Waals surface area contributed by atoms with Crippen LogP contribution in [0.3, 0.4) is 0 Å². The number of hydrogen-bond donors (Lipinski definition) is 1. The quantitative estimate of drug-likeness (QED) is 0.889. The highest BCUT2D eigenvalue weighted by atomic mass is 16.3. The van der Waals surface area contributed by atoms with Crippen LogP contribution in [-0.2, 0) is 4.79 Å². The predicted octanol–water partition coefficient (Wildman–Crippen LogP) is 2.16. The molecule has 0 bridgehead atoms. The Bertz CT molecular complexity index is 391. The number of nitrogens with zero attached hydrogens (tertiary/aromatic N) is 1. The van der Waals surface area contributed by atoms with Gasteiger partial charge in [0.25, 0.3) is 0 Å². The van der Waals surface area contributed by atoms with E-state index in [2.05, 4.69) is 0 Å². The maximum atomic E-state index is 12.5. The first-order valence-corrected chi connectivity index (χ1v) is 6.74. The third-order valence-electron chi connectivity index (χ3n) is 3.62. The molecule has 1 aromatic carbocycles. The Balaban J connectivity index is 2.10. The first kappa shape index (κ1) is 13.1. The Morgan fingerprint density at radius 1 is 1.44 bits per heavy atom. The zero-order valence-electron chi connectivity index (χ0n) is 10.9. The van der Waals surface area contributed by atoms with Crippen molar-refractivity contribution in [2.45, 2.75) is 38.2 Å². The summed E-state index contributed by atoms with van der Waals surface area (Å²) in [5.74, 6) is 0.0824. The van der Waals surface area contributed by atoms with Gasteiger partial charge in [0.1, 0.15) is 0 Å². The minimum absolute atomic E-state index is 0.0727. The molecular weight excluding hydrogens is 226 g/mol. The van der Waals surface area contributed by atoms with Crippen LogP contribution < -0.4 is 0 Å². The molecule has 3 nitrogen and oxygen atoms in total. The molecule has 1 amide bonds. The summed E-state index contributed by atoms with van der Waals surface area (Å²) in [6.45, 7) is 3.30. The van der Waals surface area contributed by atoms with Gasteiger partial charge in [-0.25, -0.2) is 0 Å². The number of β-amino-alcohol motifs (C(OH)–C–C–N with tert-alkyl or cyclic N) is 1. The van der Waals surface area contributed by atoms with E-state index >= 15 is 0 Å². The van der Waals surface area contributed by atoms with Crippen LogP contribution in [0, 0.1) is 0 Å². The molecule has 3 heteroatoms. The summed E-state index contributed by atoms with van der Waals surface area (Å²) in [6.07, 6.45) is 2.16. The number of aliphatic hydroxyl groups excluding tert-OH is 1. The van der Waals surface area contributed by atoms with E-state index in [1.807, 2.05) is 42.2 Å².